The van der Waals surface area contributed by atoms with Crippen molar-refractivity contribution in [2.24, 2.45) is 0 Å². The Morgan fingerprint density at radius 1 is 1.15 bits per heavy atom. The lowest BCUT2D eigenvalue weighted by atomic mass is 10.2. The summed E-state index contributed by atoms with van der Waals surface area (Å²) in [6.45, 7) is 2.23. The predicted octanol–water partition coefficient (Wildman–Crippen LogP) is 1.96. The van der Waals surface area contributed by atoms with Crippen LogP contribution in [0.5, 0.6) is 0 Å². The zero-order valence-corrected chi connectivity index (χ0v) is 16.7. The fourth-order valence-corrected chi connectivity index (χ4v) is 5.35. The summed E-state index contributed by atoms with van der Waals surface area (Å²) in [5.74, 6) is 0.0723. The molecule has 140 valence electrons. The molecule has 0 aliphatic carbocycles. The van der Waals surface area contributed by atoms with E-state index in [0.29, 0.717) is 37.1 Å². The van der Waals surface area contributed by atoms with Gasteiger partial charge in [-0.25, -0.2) is 13.4 Å². The van der Waals surface area contributed by atoms with E-state index in [9.17, 15) is 13.2 Å². The summed E-state index contributed by atoms with van der Waals surface area (Å²) < 4.78 is 29.5. The summed E-state index contributed by atoms with van der Waals surface area (Å²) in [5.41, 5.74) is 0. The molecule has 1 aromatic carbocycles. The lowest BCUT2D eigenvalue weighted by molar-refractivity contribution is -0.132. The van der Waals surface area contributed by atoms with E-state index in [1.807, 2.05) is 10.8 Å². The molecule has 1 aromatic heterocycles. The van der Waals surface area contributed by atoms with Crippen LogP contribution in [0.25, 0.3) is 0 Å². The van der Waals surface area contributed by atoms with Crippen molar-refractivity contribution >= 4 is 31.9 Å². The lowest BCUT2D eigenvalue weighted by Crippen LogP contribution is -2.50. The van der Waals surface area contributed by atoms with E-state index in [4.69, 9.17) is 0 Å². The number of carbonyl (C=O) groups is 1. The van der Waals surface area contributed by atoms with Gasteiger partial charge < -0.3 is 9.47 Å². The molecule has 0 atom stereocenters. The minimum Gasteiger partial charge on any atom is -0.340 e. The minimum absolute atomic E-state index is 0.0723. The van der Waals surface area contributed by atoms with E-state index in [1.165, 1.54) is 4.31 Å². The highest BCUT2D eigenvalue weighted by atomic mass is 79.9. The maximum absolute atomic E-state index is 12.8. The van der Waals surface area contributed by atoms with Gasteiger partial charge in [-0.2, -0.15) is 4.31 Å². The number of halogens is 1. The Kier molecular flexibility index (Phi) is 6.10. The van der Waals surface area contributed by atoms with Crippen molar-refractivity contribution in [3.63, 3.8) is 0 Å². The van der Waals surface area contributed by atoms with E-state index in [-0.39, 0.29) is 10.8 Å². The Hall–Kier alpha value is -1.71. The summed E-state index contributed by atoms with van der Waals surface area (Å²) in [5, 5.41) is 0. The predicted molar refractivity (Wildman–Crippen MR) is 101 cm³/mol. The van der Waals surface area contributed by atoms with Crippen LogP contribution < -0.4 is 0 Å². The van der Waals surface area contributed by atoms with Crippen LogP contribution in [0.15, 0.2) is 52.4 Å². The summed E-state index contributed by atoms with van der Waals surface area (Å²) in [6.07, 6.45) is 6.51. The molecule has 1 fully saturated rings. The molecule has 0 saturated carbocycles. The zero-order chi connectivity index (χ0) is 18.6. The highest BCUT2D eigenvalue weighted by Crippen LogP contribution is 2.25. The number of amides is 1. The second kappa shape index (κ2) is 8.32. The number of aromatic nitrogens is 2. The molecule has 1 aliphatic rings. The normalized spacial score (nSPS) is 16.0. The Balaban J connectivity index is 1.52. The van der Waals surface area contributed by atoms with Crippen molar-refractivity contribution < 1.29 is 13.2 Å². The average molecular weight is 441 g/mol. The second-order valence-corrected chi connectivity index (χ2v) is 8.88. The fourth-order valence-electron chi connectivity index (χ4n) is 2.96. The smallest absolute Gasteiger partial charge is 0.244 e. The molecule has 0 spiro atoms. The van der Waals surface area contributed by atoms with Crippen molar-refractivity contribution in [2.75, 3.05) is 26.2 Å². The van der Waals surface area contributed by atoms with Gasteiger partial charge in [0.25, 0.3) is 0 Å². The van der Waals surface area contributed by atoms with Crippen LogP contribution in [0, 0.1) is 0 Å². The van der Waals surface area contributed by atoms with Gasteiger partial charge in [0.1, 0.15) is 0 Å². The molecule has 3 rings (SSSR count). The molecule has 7 nitrogen and oxygen atoms in total. The number of piperazine rings is 1. The van der Waals surface area contributed by atoms with Crippen molar-refractivity contribution in [2.45, 2.75) is 24.3 Å². The number of sulfonamides is 1. The van der Waals surface area contributed by atoms with Gasteiger partial charge in [0.05, 0.1) is 11.2 Å². The highest BCUT2D eigenvalue weighted by molar-refractivity contribution is 9.10. The van der Waals surface area contributed by atoms with Gasteiger partial charge in [0, 0.05) is 56.0 Å². The molecule has 1 amide bonds. The van der Waals surface area contributed by atoms with Crippen LogP contribution in [0.1, 0.15) is 12.8 Å². The summed E-state index contributed by atoms with van der Waals surface area (Å²) >= 11 is 3.30. The maximum Gasteiger partial charge on any atom is 0.244 e. The monoisotopic (exact) mass is 440 g/mol. The van der Waals surface area contributed by atoms with Crippen LogP contribution in [0.4, 0.5) is 0 Å². The van der Waals surface area contributed by atoms with Gasteiger partial charge in [-0.05, 0) is 34.5 Å². The van der Waals surface area contributed by atoms with E-state index < -0.39 is 10.0 Å². The number of carbonyl (C=O) groups excluding carboxylic acids is 1. The van der Waals surface area contributed by atoms with Gasteiger partial charge in [-0.15, -0.1) is 0 Å². The van der Waals surface area contributed by atoms with Gasteiger partial charge in [0.15, 0.2) is 0 Å². The van der Waals surface area contributed by atoms with E-state index in [1.54, 1.807) is 41.7 Å². The third-order valence-corrected chi connectivity index (χ3v) is 7.32. The number of imidazole rings is 1. The molecule has 1 saturated heterocycles. The summed E-state index contributed by atoms with van der Waals surface area (Å²) in [4.78, 5) is 18.3. The minimum atomic E-state index is -3.55. The van der Waals surface area contributed by atoms with Gasteiger partial charge >= 0.3 is 0 Å². The molecular formula is C17H21BrN4O3S. The first-order chi connectivity index (χ1) is 12.5. The van der Waals surface area contributed by atoms with E-state index in [2.05, 4.69) is 20.9 Å². The van der Waals surface area contributed by atoms with E-state index in [0.717, 1.165) is 13.0 Å². The first-order valence-corrected chi connectivity index (χ1v) is 10.7. The SMILES string of the molecule is O=C(CCCn1ccnc1)N1CCN(S(=O)(=O)c2ccccc2Br)CC1. The van der Waals surface area contributed by atoms with Crippen LogP contribution in [0.3, 0.4) is 0 Å². The molecular weight excluding hydrogens is 420 g/mol. The second-order valence-electron chi connectivity index (χ2n) is 6.12. The molecule has 2 aromatic rings. The van der Waals surface area contributed by atoms with Gasteiger partial charge in [-0.3, -0.25) is 4.79 Å². The van der Waals surface area contributed by atoms with Crippen LogP contribution in [-0.4, -0.2) is 59.3 Å². The van der Waals surface area contributed by atoms with Gasteiger partial charge in [0.2, 0.25) is 15.9 Å². The van der Waals surface area contributed by atoms with Crippen molar-refractivity contribution in [3.8, 4) is 0 Å². The molecule has 0 bridgehead atoms. The van der Waals surface area contributed by atoms with Crippen LogP contribution in [0.2, 0.25) is 0 Å². The molecule has 0 unspecified atom stereocenters. The Labute approximate surface area is 161 Å². The number of hydrogen-bond donors (Lipinski definition) is 0. The Morgan fingerprint density at radius 2 is 1.88 bits per heavy atom. The largest absolute Gasteiger partial charge is 0.340 e. The quantitative estimate of drug-likeness (QED) is 0.687. The molecule has 0 N–H and O–H groups in total. The first kappa shape index (κ1) is 19.1. The van der Waals surface area contributed by atoms with Crippen molar-refractivity contribution in [3.05, 3.63) is 47.5 Å². The number of benzene rings is 1. The highest BCUT2D eigenvalue weighted by Gasteiger charge is 2.30. The number of hydrogen-bond acceptors (Lipinski definition) is 4. The number of nitrogens with zero attached hydrogens (tertiary/aromatic N) is 4. The fraction of sp³-hybridized carbons (Fsp3) is 0.412. The maximum atomic E-state index is 12.8. The Bertz CT molecular complexity index is 847. The first-order valence-electron chi connectivity index (χ1n) is 8.46. The topological polar surface area (TPSA) is 75.5 Å². The standard InChI is InChI=1S/C17H21BrN4O3S/c18-15-4-1-2-5-16(15)26(24,25)22-12-10-21(11-13-22)17(23)6-3-8-20-9-7-19-14-20/h1-2,4-5,7,9,14H,3,6,8,10-13H2. The third-order valence-electron chi connectivity index (χ3n) is 4.41. The average Bonchev–Trinajstić information content (AvgIpc) is 3.15. The molecule has 0 radical (unpaired) electrons. The zero-order valence-electron chi connectivity index (χ0n) is 14.3. The van der Waals surface area contributed by atoms with Crippen LogP contribution >= 0.6 is 15.9 Å². The van der Waals surface area contributed by atoms with Crippen molar-refractivity contribution in [1.82, 2.24) is 18.8 Å². The Morgan fingerprint density at radius 3 is 2.54 bits per heavy atom. The summed E-state index contributed by atoms with van der Waals surface area (Å²) in [6, 6.07) is 6.79. The van der Waals surface area contributed by atoms with E-state index >= 15 is 0 Å². The van der Waals surface area contributed by atoms with Gasteiger partial charge in [-0.1, -0.05) is 12.1 Å². The lowest BCUT2D eigenvalue weighted by Gasteiger charge is -2.34. The molecule has 26 heavy (non-hydrogen) atoms. The molecule has 1 aliphatic heterocycles. The third kappa shape index (κ3) is 4.33. The number of rotatable bonds is 6. The van der Waals surface area contributed by atoms with Crippen molar-refractivity contribution in [1.29, 1.82) is 0 Å². The number of aryl methyl sites for hydroxylation is 1. The van der Waals surface area contributed by atoms with Crippen LogP contribution in [-0.2, 0) is 21.4 Å². The summed E-state index contributed by atoms with van der Waals surface area (Å²) in [7, 11) is -3.55. The molecule has 2 heterocycles. The molecule has 9 heteroatoms.